The Kier molecular flexibility index (Phi) is 5.07. The van der Waals surface area contributed by atoms with Gasteiger partial charge in [-0.25, -0.2) is 9.97 Å². The molecule has 0 unspecified atom stereocenters. The molecule has 3 N–H and O–H groups in total. The first kappa shape index (κ1) is 14.2. The molecule has 0 aliphatic heterocycles. The van der Waals surface area contributed by atoms with Crippen molar-refractivity contribution in [1.82, 2.24) is 9.97 Å². The number of aromatic nitrogens is 2. The van der Waals surface area contributed by atoms with Gasteiger partial charge in [0.2, 0.25) is 0 Å². The third-order valence-corrected chi connectivity index (χ3v) is 4.23. The van der Waals surface area contributed by atoms with E-state index in [4.69, 9.17) is 18.0 Å². The zero-order chi connectivity index (χ0) is 13.7. The lowest BCUT2D eigenvalue weighted by molar-refractivity contribution is 0.278. The average Bonchev–Trinajstić information content (AvgIpc) is 2.46. The topological polar surface area (TPSA) is 63.8 Å². The molecule has 0 atom stereocenters. The summed E-state index contributed by atoms with van der Waals surface area (Å²) in [7, 11) is 0. The average molecular weight is 278 g/mol. The predicted octanol–water partition coefficient (Wildman–Crippen LogP) is 2.74. The number of hydrogen-bond donors (Lipinski definition) is 2. The number of thiocarbonyl (C=S) groups is 1. The van der Waals surface area contributed by atoms with Gasteiger partial charge < -0.3 is 11.1 Å². The summed E-state index contributed by atoms with van der Waals surface area (Å²) < 4.78 is 0. The van der Waals surface area contributed by atoms with Crippen molar-refractivity contribution < 1.29 is 0 Å². The minimum atomic E-state index is 0.289. The van der Waals surface area contributed by atoms with E-state index in [2.05, 4.69) is 22.2 Å². The van der Waals surface area contributed by atoms with Crippen LogP contribution in [0.15, 0.2) is 12.4 Å². The second kappa shape index (κ2) is 6.80. The Labute approximate surface area is 120 Å². The minimum Gasteiger partial charge on any atom is -0.388 e. The first-order valence-corrected chi connectivity index (χ1v) is 7.45. The number of hydrogen-bond acceptors (Lipinski definition) is 4. The van der Waals surface area contributed by atoms with Crippen LogP contribution in [0.2, 0.25) is 0 Å². The normalized spacial score (nSPS) is 23.0. The molecule has 4 nitrogen and oxygen atoms in total. The second-order valence-electron chi connectivity index (χ2n) is 5.33. The van der Waals surface area contributed by atoms with Crippen LogP contribution in [0.3, 0.4) is 0 Å². The molecule has 0 aromatic carbocycles. The molecular formula is C14H22N4S. The standard InChI is InChI=1S/C14H22N4S/c1-2-10-3-5-11(6-4-10)7-17-13-9-16-12(8-18-13)14(15)19/h8-11H,2-7H2,1H3,(H2,15,19)(H,17,18). The van der Waals surface area contributed by atoms with Crippen LogP contribution in [-0.4, -0.2) is 21.5 Å². The van der Waals surface area contributed by atoms with Gasteiger partial charge in [0.1, 0.15) is 16.5 Å². The summed E-state index contributed by atoms with van der Waals surface area (Å²) in [5.41, 5.74) is 6.06. The Balaban J connectivity index is 1.78. The fraction of sp³-hybridized carbons (Fsp3) is 0.643. The molecule has 5 heteroatoms. The van der Waals surface area contributed by atoms with Gasteiger partial charge >= 0.3 is 0 Å². The van der Waals surface area contributed by atoms with E-state index in [0.717, 1.165) is 24.2 Å². The number of nitrogens with two attached hydrogens (primary N) is 1. The highest BCUT2D eigenvalue weighted by Gasteiger charge is 2.19. The molecule has 1 aliphatic rings. The van der Waals surface area contributed by atoms with Crippen LogP contribution < -0.4 is 11.1 Å². The third kappa shape index (κ3) is 4.13. The zero-order valence-corrected chi connectivity index (χ0v) is 12.2. The third-order valence-electron chi connectivity index (χ3n) is 4.02. The molecule has 2 rings (SSSR count). The minimum absolute atomic E-state index is 0.289. The van der Waals surface area contributed by atoms with Gasteiger partial charge in [-0.05, 0) is 24.7 Å². The van der Waals surface area contributed by atoms with Crippen LogP contribution in [0.4, 0.5) is 5.82 Å². The molecule has 19 heavy (non-hydrogen) atoms. The predicted molar refractivity (Wildman–Crippen MR) is 82.1 cm³/mol. The molecule has 0 radical (unpaired) electrons. The van der Waals surface area contributed by atoms with Gasteiger partial charge in [0.15, 0.2) is 0 Å². The highest BCUT2D eigenvalue weighted by molar-refractivity contribution is 7.80. The Morgan fingerprint density at radius 3 is 2.47 bits per heavy atom. The van der Waals surface area contributed by atoms with Crippen molar-refractivity contribution in [2.75, 3.05) is 11.9 Å². The zero-order valence-electron chi connectivity index (χ0n) is 11.4. The van der Waals surface area contributed by atoms with Crippen LogP contribution in [0.1, 0.15) is 44.7 Å². The Bertz CT molecular complexity index is 410. The Morgan fingerprint density at radius 2 is 1.95 bits per heavy atom. The van der Waals surface area contributed by atoms with E-state index in [0.29, 0.717) is 5.69 Å². The van der Waals surface area contributed by atoms with Gasteiger partial charge in [0.05, 0.1) is 12.4 Å². The van der Waals surface area contributed by atoms with Crippen molar-refractivity contribution >= 4 is 23.0 Å². The van der Waals surface area contributed by atoms with E-state index in [9.17, 15) is 0 Å². The van der Waals surface area contributed by atoms with Crippen molar-refractivity contribution in [2.45, 2.75) is 39.0 Å². The van der Waals surface area contributed by atoms with Gasteiger partial charge in [0.25, 0.3) is 0 Å². The van der Waals surface area contributed by atoms with Crippen molar-refractivity contribution in [2.24, 2.45) is 17.6 Å². The highest BCUT2D eigenvalue weighted by atomic mass is 32.1. The number of nitrogens with zero attached hydrogens (tertiary/aromatic N) is 2. The summed E-state index contributed by atoms with van der Waals surface area (Å²) in [5.74, 6) is 2.51. The molecule has 1 aromatic rings. The maximum Gasteiger partial charge on any atom is 0.144 e. The SMILES string of the molecule is CCC1CCC(CNc2cnc(C(N)=S)cn2)CC1. The highest BCUT2D eigenvalue weighted by Crippen LogP contribution is 2.30. The van der Waals surface area contributed by atoms with Crippen LogP contribution in [-0.2, 0) is 0 Å². The van der Waals surface area contributed by atoms with Crippen LogP contribution >= 0.6 is 12.2 Å². The summed E-state index contributed by atoms with van der Waals surface area (Å²) >= 11 is 4.85. The molecule has 104 valence electrons. The molecule has 0 saturated heterocycles. The molecule has 0 bridgehead atoms. The fourth-order valence-corrected chi connectivity index (χ4v) is 2.74. The fourth-order valence-electron chi connectivity index (χ4n) is 2.64. The van der Waals surface area contributed by atoms with Gasteiger partial charge in [-0.1, -0.05) is 38.4 Å². The van der Waals surface area contributed by atoms with E-state index in [1.807, 2.05) is 0 Å². The van der Waals surface area contributed by atoms with E-state index < -0.39 is 0 Å². The van der Waals surface area contributed by atoms with Crippen molar-refractivity contribution in [3.05, 3.63) is 18.1 Å². The molecule has 1 heterocycles. The molecule has 0 amide bonds. The first-order valence-electron chi connectivity index (χ1n) is 7.04. The first-order chi connectivity index (χ1) is 9.19. The van der Waals surface area contributed by atoms with Crippen molar-refractivity contribution in [3.8, 4) is 0 Å². The van der Waals surface area contributed by atoms with Gasteiger partial charge in [0, 0.05) is 6.54 Å². The Morgan fingerprint density at radius 1 is 1.26 bits per heavy atom. The smallest absolute Gasteiger partial charge is 0.144 e. The van der Waals surface area contributed by atoms with E-state index in [1.54, 1.807) is 12.4 Å². The summed E-state index contributed by atoms with van der Waals surface area (Å²) in [6.45, 7) is 3.28. The van der Waals surface area contributed by atoms with E-state index in [-0.39, 0.29) is 4.99 Å². The molecular weight excluding hydrogens is 256 g/mol. The molecule has 1 saturated carbocycles. The Hall–Kier alpha value is -1.23. The lowest BCUT2D eigenvalue weighted by atomic mass is 9.81. The van der Waals surface area contributed by atoms with Crippen LogP contribution in [0.5, 0.6) is 0 Å². The lowest BCUT2D eigenvalue weighted by Crippen LogP contribution is -2.21. The van der Waals surface area contributed by atoms with Crippen LogP contribution in [0, 0.1) is 11.8 Å². The lowest BCUT2D eigenvalue weighted by Gasteiger charge is -2.27. The number of anilines is 1. The maximum atomic E-state index is 5.49. The van der Waals surface area contributed by atoms with Gasteiger partial charge in [-0.2, -0.15) is 0 Å². The van der Waals surface area contributed by atoms with E-state index >= 15 is 0 Å². The molecule has 1 aromatic heterocycles. The van der Waals surface area contributed by atoms with Gasteiger partial charge in [-0.15, -0.1) is 0 Å². The molecule has 0 spiro atoms. The molecule has 1 aliphatic carbocycles. The summed E-state index contributed by atoms with van der Waals surface area (Å²) in [4.78, 5) is 8.74. The summed E-state index contributed by atoms with van der Waals surface area (Å²) in [6, 6.07) is 0. The second-order valence-corrected chi connectivity index (χ2v) is 5.77. The number of nitrogens with one attached hydrogen (secondary N) is 1. The molecule has 1 fully saturated rings. The summed E-state index contributed by atoms with van der Waals surface area (Å²) in [6.07, 6.45) is 10.0. The largest absolute Gasteiger partial charge is 0.388 e. The van der Waals surface area contributed by atoms with Crippen LogP contribution in [0.25, 0.3) is 0 Å². The maximum absolute atomic E-state index is 5.49. The van der Waals surface area contributed by atoms with Crippen molar-refractivity contribution in [1.29, 1.82) is 0 Å². The van der Waals surface area contributed by atoms with Gasteiger partial charge in [-0.3, -0.25) is 0 Å². The van der Waals surface area contributed by atoms with Crippen molar-refractivity contribution in [3.63, 3.8) is 0 Å². The quantitative estimate of drug-likeness (QED) is 0.811. The van der Waals surface area contributed by atoms with E-state index in [1.165, 1.54) is 32.1 Å². The summed E-state index contributed by atoms with van der Waals surface area (Å²) in [5, 5.41) is 3.36. The number of rotatable bonds is 5. The monoisotopic (exact) mass is 278 g/mol.